The van der Waals surface area contributed by atoms with Crippen LogP contribution in [0.25, 0.3) is 6.08 Å². The van der Waals surface area contributed by atoms with Crippen LogP contribution in [0.15, 0.2) is 52.7 Å². The number of carboxylic acid groups (broad SMARTS) is 1. The van der Waals surface area contributed by atoms with E-state index in [0.717, 1.165) is 12.0 Å². The van der Waals surface area contributed by atoms with Crippen LogP contribution in [0, 0.1) is 11.8 Å². The van der Waals surface area contributed by atoms with Crippen LogP contribution < -0.4 is 9.47 Å². The molecule has 1 aromatic carbocycles. The molecular weight excluding hydrogens is 584 g/mol. The van der Waals surface area contributed by atoms with Crippen LogP contribution in [0.4, 0.5) is 0 Å². The number of hydrogen-bond donors (Lipinski definition) is 2. The Labute approximate surface area is 270 Å². The molecule has 6 aliphatic rings. The number of carbonyl (C=O) groups excluding carboxylic acids is 2. The van der Waals surface area contributed by atoms with E-state index in [0.29, 0.717) is 41.7 Å². The van der Waals surface area contributed by atoms with Crippen molar-refractivity contribution in [3.63, 3.8) is 0 Å². The van der Waals surface area contributed by atoms with Crippen molar-refractivity contribution in [2.75, 3.05) is 0 Å². The summed E-state index contributed by atoms with van der Waals surface area (Å²) < 4.78 is 20.6. The summed E-state index contributed by atoms with van der Waals surface area (Å²) in [5.41, 5.74) is -0.952. The second-order valence-corrected chi connectivity index (χ2v) is 14.8. The normalized spacial score (nSPS) is 31.2. The average Bonchev–Trinajstić information content (AvgIpc) is 3.12. The summed E-state index contributed by atoms with van der Waals surface area (Å²) in [4.78, 5) is 40.8. The SMILES string of the molecule is CC(C)=CCC[C@]1(C)C=Cc2c(O)c3c(c(CC=C(C)C)c2O1)O[C@]12C(=C[C@@H]4C[C@H]1C(C)(C)O[C@@]2(C/C=C(\C)C(=O)O)C4=O)C3=O. The van der Waals surface area contributed by atoms with E-state index in [1.807, 2.05) is 52.8 Å². The number of phenolic OH excluding ortho intramolecular Hbond substituents is 1. The number of aromatic hydroxyl groups is 1. The summed E-state index contributed by atoms with van der Waals surface area (Å²) >= 11 is 0. The van der Waals surface area contributed by atoms with E-state index in [1.165, 1.54) is 18.6 Å². The highest BCUT2D eigenvalue weighted by Gasteiger charge is 2.81. The molecule has 8 heteroatoms. The van der Waals surface area contributed by atoms with Gasteiger partial charge >= 0.3 is 5.97 Å². The summed E-state index contributed by atoms with van der Waals surface area (Å²) in [5.74, 6) is -2.28. The molecule has 3 heterocycles. The third kappa shape index (κ3) is 4.47. The van der Waals surface area contributed by atoms with Crippen molar-refractivity contribution < 1.29 is 38.8 Å². The summed E-state index contributed by atoms with van der Waals surface area (Å²) in [6.07, 6.45) is 13.4. The lowest BCUT2D eigenvalue weighted by molar-refractivity contribution is -0.171. The Morgan fingerprint density at radius 2 is 1.70 bits per heavy atom. The average molecular weight is 629 g/mol. The quantitative estimate of drug-likeness (QED) is 0.228. The van der Waals surface area contributed by atoms with Gasteiger partial charge in [0.2, 0.25) is 0 Å². The van der Waals surface area contributed by atoms with Gasteiger partial charge in [0.15, 0.2) is 22.8 Å². The van der Waals surface area contributed by atoms with Gasteiger partial charge in [-0.1, -0.05) is 35.5 Å². The molecule has 5 atom stereocenters. The summed E-state index contributed by atoms with van der Waals surface area (Å²) in [7, 11) is 0. The largest absolute Gasteiger partial charge is 0.506 e. The zero-order chi connectivity index (χ0) is 33.6. The molecule has 0 amide bonds. The van der Waals surface area contributed by atoms with Gasteiger partial charge in [-0.15, -0.1) is 0 Å². The van der Waals surface area contributed by atoms with E-state index < -0.39 is 40.1 Å². The number of benzene rings is 1. The van der Waals surface area contributed by atoms with Gasteiger partial charge in [-0.3, -0.25) is 9.59 Å². The second-order valence-electron chi connectivity index (χ2n) is 14.8. The number of phenols is 1. The predicted molar refractivity (Wildman–Crippen MR) is 174 cm³/mol. The second kappa shape index (κ2) is 10.6. The van der Waals surface area contributed by atoms with Crippen molar-refractivity contribution in [3.05, 3.63) is 69.4 Å². The van der Waals surface area contributed by atoms with E-state index in [1.54, 1.807) is 6.08 Å². The highest BCUT2D eigenvalue weighted by atomic mass is 16.6. The molecule has 2 fully saturated rings. The van der Waals surface area contributed by atoms with Gasteiger partial charge < -0.3 is 24.4 Å². The minimum Gasteiger partial charge on any atom is -0.506 e. The van der Waals surface area contributed by atoms with Crippen molar-refractivity contribution in [2.45, 2.75) is 110 Å². The first-order chi connectivity index (χ1) is 21.5. The van der Waals surface area contributed by atoms with E-state index in [2.05, 4.69) is 19.9 Å². The maximum absolute atomic E-state index is 14.7. The molecule has 0 unspecified atom stereocenters. The van der Waals surface area contributed by atoms with E-state index in [9.17, 15) is 24.6 Å². The Kier molecular flexibility index (Phi) is 7.36. The third-order valence-corrected chi connectivity index (χ3v) is 10.5. The minimum absolute atomic E-state index is 0.0544. The van der Waals surface area contributed by atoms with Crippen LogP contribution in [0.1, 0.15) is 103 Å². The molecule has 1 aromatic rings. The molecule has 244 valence electrons. The van der Waals surface area contributed by atoms with Crippen LogP contribution in [0.3, 0.4) is 0 Å². The highest BCUT2D eigenvalue weighted by molar-refractivity contribution is 6.19. The van der Waals surface area contributed by atoms with Gasteiger partial charge in [-0.05, 0) is 93.2 Å². The first-order valence-electron chi connectivity index (χ1n) is 16.2. The summed E-state index contributed by atoms with van der Waals surface area (Å²) in [6.45, 7) is 15.4. The third-order valence-electron chi connectivity index (χ3n) is 10.5. The molecule has 8 nitrogen and oxygen atoms in total. The zero-order valence-electron chi connectivity index (χ0n) is 28.0. The number of rotatable bonds is 8. The number of carbonyl (C=O) groups is 3. The molecule has 46 heavy (non-hydrogen) atoms. The van der Waals surface area contributed by atoms with Gasteiger partial charge in [0.25, 0.3) is 0 Å². The molecule has 4 bridgehead atoms. The smallest absolute Gasteiger partial charge is 0.330 e. The number of fused-ring (bicyclic) bond motifs is 2. The lowest BCUT2D eigenvalue weighted by atomic mass is 9.51. The van der Waals surface area contributed by atoms with Gasteiger partial charge in [0.05, 0.1) is 11.2 Å². The van der Waals surface area contributed by atoms with Gasteiger partial charge in [-0.2, -0.15) is 0 Å². The number of ketones is 2. The van der Waals surface area contributed by atoms with Crippen LogP contribution in [0.2, 0.25) is 0 Å². The molecule has 1 saturated heterocycles. The van der Waals surface area contributed by atoms with Crippen LogP contribution in [-0.4, -0.2) is 50.2 Å². The maximum Gasteiger partial charge on any atom is 0.330 e. The van der Waals surface area contributed by atoms with Crippen molar-refractivity contribution in [1.29, 1.82) is 0 Å². The Morgan fingerprint density at radius 1 is 1.00 bits per heavy atom. The lowest BCUT2D eigenvalue weighted by Crippen LogP contribution is -2.72. The summed E-state index contributed by atoms with van der Waals surface area (Å²) in [6, 6.07) is 0. The number of carboxylic acids is 1. The standard InChI is InChI=1S/C38H44O8/c1-20(2)10-9-15-36(8)16-14-24-29(39)28-30(40)26-18-23-19-27-35(6,7)46-37(33(23)41,17-13-22(5)34(42)43)38(26,27)45-32(28)25(31(24)44-36)12-11-21(3)4/h10-11,13-14,16,18,23,27,39H,9,12,15,17,19H2,1-8H3,(H,42,43)/b22-13+/t23-,27+,36-,37+,38-/m1/s1. The van der Waals surface area contributed by atoms with Crippen LogP contribution in [0.5, 0.6) is 17.2 Å². The fourth-order valence-corrected chi connectivity index (χ4v) is 8.17. The number of Topliss-reactive ketones (excluding diaryl/α,β-unsaturated/α-hetero) is 2. The Balaban J connectivity index is 1.59. The van der Waals surface area contributed by atoms with E-state index in [4.69, 9.17) is 14.2 Å². The molecule has 2 N–H and O–H groups in total. The van der Waals surface area contributed by atoms with Crippen LogP contribution >= 0.6 is 0 Å². The van der Waals surface area contributed by atoms with E-state index in [-0.39, 0.29) is 40.8 Å². The van der Waals surface area contributed by atoms with Gasteiger partial charge in [-0.25, -0.2) is 4.79 Å². The lowest BCUT2D eigenvalue weighted by Gasteiger charge is -2.56. The number of hydrogen-bond acceptors (Lipinski definition) is 7. The molecule has 1 saturated carbocycles. The number of ether oxygens (including phenoxy) is 3. The van der Waals surface area contributed by atoms with Crippen molar-refractivity contribution in [1.82, 2.24) is 0 Å². The highest BCUT2D eigenvalue weighted by Crippen LogP contribution is 2.68. The Bertz CT molecular complexity index is 1730. The van der Waals surface area contributed by atoms with Crippen molar-refractivity contribution in [2.24, 2.45) is 11.8 Å². The molecule has 0 radical (unpaired) electrons. The molecular formula is C38H44O8. The molecule has 3 aliphatic carbocycles. The number of allylic oxidation sites excluding steroid dienone is 5. The molecule has 0 aromatic heterocycles. The first-order valence-corrected chi connectivity index (χ1v) is 16.2. The van der Waals surface area contributed by atoms with Crippen molar-refractivity contribution in [3.8, 4) is 17.2 Å². The monoisotopic (exact) mass is 628 g/mol. The maximum atomic E-state index is 14.7. The Hall–Kier alpha value is -3.91. The molecule has 7 rings (SSSR count). The van der Waals surface area contributed by atoms with Crippen LogP contribution in [-0.2, 0) is 20.7 Å². The van der Waals surface area contributed by atoms with E-state index >= 15 is 0 Å². The van der Waals surface area contributed by atoms with Gasteiger partial charge in [0, 0.05) is 35.0 Å². The topological polar surface area (TPSA) is 119 Å². The zero-order valence-corrected chi connectivity index (χ0v) is 28.0. The minimum atomic E-state index is -1.63. The van der Waals surface area contributed by atoms with Crippen molar-refractivity contribution >= 4 is 23.6 Å². The molecule has 3 aliphatic heterocycles. The fraction of sp³-hybridized carbons (Fsp3) is 0.500. The summed E-state index contributed by atoms with van der Waals surface area (Å²) in [5, 5.41) is 21.4. The fourth-order valence-electron chi connectivity index (χ4n) is 8.17. The molecule has 1 spiro atoms. The predicted octanol–water partition coefficient (Wildman–Crippen LogP) is 7.24. The van der Waals surface area contributed by atoms with Gasteiger partial charge in [0.1, 0.15) is 28.4 Å². The number of aliphatic carboxylic acids is 1. The first kappa shape index (κ1) is 32.0. The Morgan fingerprint density at radius 3 is 2.35 bits per heavy atom.